The van der Waals surface area contributed by atoms with Gasteiger partial charge in [-0.15, -0.1) is 0 Å². The van der Waals surface area contributed by atoms with E-state index >= 15 is 0 Å². The number of carbonyl (C=O) groups is 1. The minimum absolute atomic E-state index is 0.197. The van der Waals surface area contributed by atoms with Crippen molar-refractivity contribution in [3.05, 3.63) is 32.4 Å². The van der Waals surface area contributed by atoms with Crippen molar-refractivity contribution in [3.63, 3.8) is 0 Å². The molecule has 0 aromatic heterocycles. The van der Waals surface area contributed by atoms with Crippen LogP contribution in [0.3, 0.4) is 0 Å². The van der Waals surface area contributed by atoms with Crippen LogP contribution in [0, 0.1) is 3.57 Å². The van der Waals surface area contributed by atoms with Crippen LogP contribution in [-0.2, 0) is 11.2 Å². The van der Waals surface area contributed by atoms with Crippen molar-refractivity contribution in [1.82, 2.24) is 0 Å². The number of carboxylic acids is 1. The molecule has 1 N–H and O–H groups in total. The molecule has 0 unspecified atom stereocenters. The smallest absolute Gasteiger partial charge is 0.303 e. The summed E-state index contributed by atoms with van der Waals surface area (Å²) in [6.07, 6.45) is 1.56. The maximum atomic E-state index is 10.3. The molecule has 0 spiro atoms. The molecule has 1 aromatic rings. The lowest BCUT2D eigenvalue weighted by atomic mass is 10.1. The summed E-state index contributed by atoms with van der Waals surface area (Å²) < 4.78 is 1.09. The molecule has 14 heavy (non-hydrogen) atoms. The molecule has 0 saturated carbocycles. The third-order valence-electron chi connectivity index (χ3n) is 1.85. The largest absolute Gasteiger partial charge is 0.481 e. The molecule has 0 radical (unpaired) electrons. The van der Waals surface area contributed by atoms with Gasteiger partial charge in [-0.1, -0.05) is 17.7 Å². The number of rotatable bonds is 4. The van der Waals surface area contributed by atoms with E-state index < -0.39 is 5.97 Å². The standard InChI is InChI=1S/C10H10ClIO2/c11-9-6-8(12)5-4-7(9)2-1-3-10(13)14/h4-6H,1-3H2,(H,13,14). The number of carboxylic acid groups (broad SMARTS) is 1. The van der Waals surface area contributed by atoms with Crippen molar-refractivity contribution < 1.29 is 9.90 Å². The summed E-state index contributed by atoms with van der Waals surface area (Å²) in [5.74, 6) is -0.758. The fourth-order valence-corrected chi connectivity index (χ4v) is 2.10. The van der Waals surface area contributed by atoms with Gasteiger partial charge in [-0.3, -0.25) is 4.79 Å². The van der Waals surface area contributed by atoms with Gasteiger partial charge in [0.15, 0.2) is 0 Å². The first-order valence-corrected chi connectivity index (χ1v) is 5.71. The van der Waals surface area contributed by atoms with Crippen molar-refractivity contribution in [1.29, 1.82) is 0 Å². The Morgan fingerprint density at radius 1 is 1.50 bits per heavy atom. The Hall–Kier alpha value is -0.290. The Morgan fingerprint density at radius 2 is 2.21 bits per heavy atom. The van der Waals surface area contributed by atoms with E-state index in [1.807, 2.05) is 18.2 Å². The maximum absolute atomic E-state index is 10.3. The topological polar surface area (TPSA) is 37.3 Å². The summed E-state index contributed by atoms with van der Waals surface area (Å²) in [6.45, 7) is 0. The van der Waals surface area contributed by atoms with Crippen molar-refractivity contribution in [2.24, 2.45) is 0 Å². The molecule has 0 amide bonds. The second kappa shape index (κ2) is 5.56. The summed E-state index contributed by atoms with van der Waals surface area (Å²) >= 11 is 8.18. The van der Waals surface area contributed by atoms with E-state index in [1.54, 1.807) is 0 Å². The molecular weight excluding hydrogens is 314 g/mol. The van der Waals surface area contributed by atoms with Crippen LogP contribution in [0.4, 0.5) is 0 Å². The molecule has 2 nitrogen and oxygen atoms in total. The quantitative estimate of drug-likeness (QED) is 0.862. The van der Waals surface area contributed by atoms with Gasteiger partial charge >= 0.3 is 5.97 Å². The number of benzene rings is 1. The Balaban J connectivity index is 2.55. The van der Waals surface area contributed by atoms with E-state index in [-0.39, 0.29) is 6.42 Å². The molecule has 4 heteroatoms. The average Bonchev–Trinajstić information content (AvgIpc) is 2.08. The van der Waals surface area contributed by atoms with E-state index in [9.17, 15) is 4.79 Å². The highest BCUT2D eigenvalue weighted by Gasteiger charge is 2.02. The number of aryl methyl sites for hydroxylation is 1. The Morgan fingerprint density at radius 3 is 2.79 bits per heavy atom. The van der Waals surface area contributed by atoms with Gasteiger partial charge < -0.3 is 5.11 Å². The normalized spacial score (nSPS) is 10.1. The lowest BCUT2D eigenvalue weighted by Crippen LogP contribution is -1.96. The van der Waals surface area contributed by atoms with Gasteiger partial charge in [0.25, 0.3) is 0 Å². The number of hydrogen-bond acceptors (Lipinski definition) is 1. The van der Waals surface area contributed by atoms with Crippen LogP contribution < -0.4 is 0 Å². The zero-order chi connectivity index (χ0) is 10.6. The molecule has 0 aliphatic heterocycles. The lowest BCUT2D eigenvalue weighted by molar-refractivity contribution is -0.137. The second-order valence-electron chi connectivity index (χ2n) is 2.98. The Bertz CT molecular complexity index is 339. The van der Waals surface area contributed by atoms with E-state index in [4.69, 9.17) is 16.7 Å². The summed E-state index contributed by atoms with van der Waals surface area (Å²) in [6, 6.07) is 5.81. The molecule has 1 rings (SSSR count). The number of hydrogen-bond donors (Lipinski definition) is 1. The minimum Gasteiger partial charge on any atom is -0.481 e. The molecule has 0 fully saturated rings. The first-order chi connectivity index (χ1) is 6.59. The van der Waals surface area contributed by atoms with Gasteiger partial charge in [0.2, 0.25) is 0 Å². The fraction of sp³-hybridized carbons (Fsp3) is 0.300. The highest BCUT2D eigenvalue weighted by molar-refractivity contribution is 14.1. The van der Waals surface area contributed by atoms with E-state index in [0.29, 0.717) is 6.42 Å². The molecule has 0 aliphatic rings. The van der Waals surface area contributed by atoms with Gasteiger partial charge in [-0.05, 0) is 53.1 Å². The van der Waals surface area contributed by atoms with Crippen LogP contribution >= 0.6 is 34.2 Å². The van der Waals surface area contributed by atoms with Crippen molar-refractivity contribution >= 4 is 40.2 Å². The minimum atomic E-state index is -0.758. The molecule has 0 bridgehead atoms. The molecule has 0 aliphatic carbocycles. The molecule has 76 valence electrons. The van der Waals surface area contributed by atoms with Crippen LogP contribution in [-0.4, -0.2) is 11.1 Å². The van der Waals surface area contributed by atoms with Crippen LogP contribution in [0.5, 0.6) is 0 Å². The predicted octanol–water partition coefficient (Wildman–Crippen LogP) is 3.35. The SMILES string of the molecule is O=C(O)CCCc1ccc(I)cc1Cl. The third-order valence-corrected chi connectivity index (χ3v) is 2.87. The fourth-order valence-electron chi connectivity index (χ4n) is 1.15. The molecule has 0 saturated heterocycles. The maximum Gasteiger partial charge on any atom is 0.303 e. The summed E-state index contributed by atoms with van der Waals surface area (Å²) in [4.78, 5) is 10.3. The van der Waals surface area contributed by atoms with Crippen molar-refractivity contribution in [2.75, 3.05) is 0 Å². The van der Waals surface area contributed by atoms with Gasteiger partial charge in [0.1, 0.15) is 0 Å². The summed E-state index contributed by atoms with van der Waals surface area (Å²) in [5, 5.41) is 9.20. The van der Waals surface area contributed by atoms with Gasteiger partial charge in [-0.2, -0.15) is 0 Å². The van der Waals surface area contributed by atoms with Crippen LogP contribution in [0.2, 0.25) is 5.02 Å². The van der Waals surface area contributed by atoms with Crippen molar-refractivity contribution in [2.45, 2.75) is 19.3 Å². The van der Waals surface area contributed by atoms with E-state index in [2.05, 4.69) is 22.6 Å². The number of aliphatic carboxylic acids is 1. The van der Waals surface area contributed by atoms with Crippen LogP contribution in [0.1, 0.15) is 18.4 Å². The molecular formula is C10H10ClIO2. The van der Waals surface area contributed by atoms with E-state index in [0.717, 1.165) is 20.6 Å². The highest BCUT2D eigenvalue weighted by Crippen LogP contribution is 2.20. The van der Waals surface area contributed by atoms with Crippen molar-refractivity contribution in [3.8, 4) is 0 Å². The zero-order valence-electron chi connectivity index (χ0n) is 7.46. The highest BCUT2D eigenvalue weighted by atomic mass is 127. The Kier molecular flexibility index (Phi) is 4.68. The second-order valence-corrected chi connectivity index (χ2v) is 4.64. The molecule has 0 heterocycles. The van der Waals surface area contributed by atoms with Crippen LogP contribution in [0.25, 0.3) is 0 Å². The summed E-state index contributed by atoms with van der Waals surface area (Å²) in [5.41, 5.74) is 1.02. The van der Waals surface area contributed by atoms with Gasteiger partial charge in [-0.25, -0.2) is 0 Å². The Labute approximate surface area is 101 Å². The van der Waals surface area contributed by atoms with E-state index in [1.165, 1.54) is 0 Å². The van der Waals surface area contributed by atoms with Gasteiger partial charge in [0, 0.05) is 15.0 Å². The first kappa shape index (κ1) is 11.8. The first-order valence-electron chi connectivity index (χ1n) is 4.25. The predicted molar refractivity (Wildman–Crippen MR) is 64.7 cm³/mol. The van der Waals surface area contributed by atoms with Gasteiger partial charge in [0.05, 0.1) is 0 Å². The molecule has 1 aromatic carbocycles. The van der Waals surface area contributed by atoms with Crippen LogP contribution in [0.15, 0.2) is 18.2 Å². The average molecular weight is 325 g/mol. The molecule has 0 atom stereocenters. The third kappa shape index (κ3) is 3.84. The summed E-state index contributed by atoms with van der Waals surface area (Å²) in [7, 11) is 0. The lowest BCUT2D eigenvalue weighted by Gasteiger charge is -2.03. The number of halogens is 2. The zero-order valence-corrected chi connectivity index (χ0v) is 10.4. The monoisotopic (exact) mass is 324 g/mol.